The normalized spacial score (nSPS) is 11.6. The molecule has 4 heteroatoms. The van der Waals surface area contributed by atoms with Gasteiger partial charge >= 0.3 is 0 Å². The number of aliphatic hydroxyl groups is 1. The van der Waals surface area contributed by atoms with Crippen LogP contribution in [0.4, 0.5) is 0 Å². The van der Waals surface area contributed by atoms with Gasteiger partial charge in [-0.2, -0.15) is 0 Å². The molecule has 20 heavy (non-hydrogen) atoms. The largest absolute Gasteiger partial charge is 0.508 e. The molecule has 1 N–H and O–H groups in total. The summed E-state index contributed by atoms with van der Waals surface area (Å²) in [5, 5.41) is 10.8. The van der Waals surface area contributed by atoms with Crippen molar-refractivity contribution in [1.29, 1.82) is 0 Å². The van der Waals surface area contributed by atoms with Gasteiger partial charge in [-0.05, 0) is 29.8 Å². The zero-order chi connectivity index (χ0) is 14.4. The number of halogens is 2. The molecular formula is C16H14Cl2O2. The first kappa shape index (κ1) is 14.9. The van der Waals surface area contributed by atoms with Crippen LogP contribution >= 0.6 is 23.2 Å². The number of ether oxygens (including phenoxy) is 1. The average molecular weight is 309 g/mol. The Bertz CT molecular complexity index is 595. The van der Waals surface area contributed by atoms with E-state index in [0.29, 0.717) is 28.8 Å². The van der Waals surface area contributed by atoms with Gasteiger partial charge < -0.3 is 9.84 Å². The van der Waals surface area contributed by atoms with E-state index in [9.17, 15) is 5.11 Å². The van der Waals surface area contributed by atoms with Crippen LogP contribution in [-0.2, 0) is 11.3 Å². The lowest BCUT2D eigenvalue weighted by atomic mass is 10.2. The molecule has 0 aromatic heterocycles. The highest BCUT2D eigenvalue weighted by Crippen LogP contribution is 2.25. The molecule has 0 aliphatic rings. The van der Waals surface area contributed by atoms with E-state index in [1.807, 2.05) is 30.3 Å². The van der Waals surface area contributed by atoms with Crippen molar-refractivity contribution in [2.24, 2.45) is 0 Å². The Labute approximate surface area is 128 Å². The summed E-state index contributed by atoms with van der Waals surface area (Å²) < 4.78 is 5.47. The third-order valence-corrected chi connectivity index (χ3v) is 3.46. The summed E-state index contributed by atoms with van der Waals surface area (Å²) in [6.07, 6.45) is 1.60. The van der Waals surface area contributed by atoms with Crippen LogP contribution < -0.4 is 0 Å². The van der Waals surface area contributed by atoms with Crippen molar-refractivity contribution in [1.82, 2.24) is 0 Å². The zero-order valence-electron chi connectivity index (χ0n) is 10.7. The van der Waals surface area contributed by atoms with Crippen molar-refractivity contribution in [2.75, 3.05) is 6.61 Å². The Morgan fingerprint density at radius 1 is 1.05 bits per heavy atom. The van der Waals surface area contributed by atoms with Crippen LogP contribution in [0, 0.1) is 0 Å². The highest BCUT2D eigenvalue weighted by Gasteiger charge is 2.03. The van der Waals surface area contributed by atoms with Crippen LogP contribution in [0.2, 0.25) is 10.0 Å². The SMILES string of the molecule is O/C(=C/COCc1ccccc1)c1ccc(Cl)c(Cl)c1. The van der Waals surface area contributed by atoms with E-state index in [1.165, 1.54) is 0 Å². The van der Waals surface area contributed by atoms with Gasteiger partial charge in [-0.15, -0.1) is 0 Å². The van der Waals surface area contributed by atoms with Crippen LogP contribution in [0.15, 0.2) is 54.6 Å². The van der Waals surface area contributed by atoms with E-state index in [4.69, 9.17) is 27.9 Å². The highest BCUT2D eigenvalue weighted by molar-refractivity contribution is 6.42. The highest BCUT2D eigenvalue weighted by atomic mass is 35.5. The summed E-state index contributed by atoms with van der Waals surface area (Å²) in [6, 6.07) is 14.8. The molecule has 0 saturated heterocycles. The first-order chi connectivity index (χ1) is 9.66. The van der Waals surface area contributed by atoms with Crippen LogP contribution in [-0.4, -0.2) is 11.7 Å². The smallest absolute Gasteiger partial charge is 0.121 e. The molecule has 0 aliphatic carbocycles. The molecule has 0 amide bonds. The Kier molecular flexibility index (Phi) is 5.48. The van der Waals surface area contributed by atoms with Gasteiger partial charge in [0.25, 0.3) is 0 Å². The molecule has 2 aromatic rings. The molecule has 0 unspecified atom stereocenters. The van der Waals surface area contributed by atoms with E-state index in [0.717, 1.165) is 5.56 Å². The van der Waals surface area contributed by atoms with Gasteiger partial charge in [0.15, 0.2) is 0 Å². The number of hydrogen-bond acceptors (Lipinski definition) is 2. The molecule has 0 atom stereocenters. The number of hydrogen-bond donors (Lipinski definition) is 1. The molecule has 0 fully saturated rings. The topological polar surface area (TPSA) is 29.5 Å². The van der Waals surface area contributed by atoms with E-state index >= 15 is 0 Å². The third-order valence-electron chi connectivity index (χ3n) is 2.72. The van der Waals surface area contributed by atoms with E-state index < -0.39 is 0 Å². The Morgan fingerprint density at radius 2 is 1.80 bits per heavy atom. The summed E-state index contributed by atoms with van der Waals surface area (Å²) in [4.78, 5) is 0. The predicted octanol–water partition coefficient (Wildman–Crippen LogP) is 5.11. The number of aliphatic hydroxyl groups excluding tert-OH is 1. The summed E-state index contributed by atoms with van der Waals surface area (Å²) in [5.41, 5.74) is 1.71. The number of rotatable bonds is 5. The first-order valence-electron chi connectivity index (χ1n) is 6.13. The van der Waals surface area contributed by atoms with Crippen LogP contribution in [0.25, 0.3) is 5.76 Å². The van der Waals surface area contributed by atoms with Gasteiger partial charge in [-0.25, -0.2) is 0 Å². The Hall–Kier alpha value is -1.48. The maximum atomic E-state index is 9.91. The molecule has 0 spiro atoms. The molecule has 0 saturated carbocycles. The fraction of sp³-hybridized carbons (Fsp3) is 0.125. The first-order valence-corrected chi connectivity index (χ1v) is 6.88. The molecule has 2 aromatic carbocycles. The van der Waals surface area contributed by atoms with Crippen molar-refractivity contribution in [3.63, 3.8) is 0 Å². The maximum Gasteiger partial charge on any atom is 0.121 e. The minimum absolute atomic E-state index is 0.122. The summed E-state index contributed by atoms with van der Waals surface area (Å²) in [5.74, 6) is 0.122. The molecule has 0 aliphatic heterocycles. The van der Waals surface area contributed by atoms with Crippen molar-refractivity contribution in [3.8, 4) is 0 Å². The molecule has 0 bridgehead atoms. The van der Waals surface area contributed by atoms with Crippen molar-refractivity contribution < 1.29 is 9.84 Å². The lowest BCUT2D eigenvalue weighted by Crippen LogP contribution is -1.94. The number of benzene rings is 2. The minimum Gasteiger partial charge on any atom is -0.508 e. The Balaban J connectivity index is 1.89. The summed E-state index contributed by atoms with van der Waals surface area (Å²) in [6.45, 7) is 0.826. The zero-order valence-corrected chi connectivity index (χ0v) is 12.2. The second-order valence-electron chi connectivity index (χ2n) is 4.22. The lowest BCUT2D eigenvalue weighted by Gasteiger charge is -2.04. The van der Waals surface area contributed by atoms with Gasteiger partial charge in [0.1, 0.15) is 5.76 Å². The second kappa shape index (κ2) is 7.34. The third kappa shape index (κ3) is 4.27. The van der Waals surface area contributed by atoms with E-state index in [1.54, 1.807) is 24.3 Å². The standard InChI is InChI=1S/C16H14Cl2O2/c17-14-7-6-13(10-15(14)18)16(19)8-9-20-11-12-4-2-1-3-5-12/h1-8,10,19H,9,11H2/b16-8+. The van der Waals surface area contributed by atoms with E-state index in [-0.39, 0.29) is 5.76 Å². The van der Waals surface area contributed by atoms with Crippen LogP contribution in [0.3, 0.4) is 0 Å². The van der Waals surface area contributed by atoms with Crippen LogP contribution in [0.1, 0.15) is 11.1 Å². The van der Waals surface area contributed by atoms with Crippen molar-refractivity contribution in [2.45, 2.75) is 6.61 Å². The summed E-state index contributed by atoms with van der Waals surface area (Å²) in [7, 11) is 0. The maximum absolute atomic E-state index is 9.91. The average Bonchev–Trinajstić information content (AvgIpc) is 2.47. The second-order valence-corrected chi connectivity index (χ2v) is 5.03. The molecule has 104 valence electrons. The molecule has 0 heterocycles. The van der Waals surface area contributed by atoms with Gasteiger partial charge in [0, 0.05) is 5.56 Å². The van der Waals surface area contributed by atoms with Gasteiger partial charge in [0.2, 0.25) is 0 Å². The van der Waals surface area contributed by atoms with E-state index in [2.05, 4.69) is 0 Å². The molecule has 2 nitrogen and oxygen atoms in total. The summed E-state index contributed by atoms with van der Waals surface area (Å²) >= 11 is 11.7. The van der Waals surface area contributed by atoms with Crippen LogP contribution in [0.5, 0.6) is 0 Å². The predicted molar refractivity (Wildman–Crippen MR) is 83.2 cm³/mol. The monoisotopic (exact) mass is 308 g/mol. The van der Waals surface area contributed by atoms with Crippen molar-refractivity contribution in [3.05, 3.63) is 75.8 Å². The molecule has 2 rings (SSSR count). The lowest BCUT2D eigenvalue weighted by molar-refractivity contribution is 0.148. The van der Waals surface area contributed by atoms with Crippen molar-refractivity contribution >= 4 is 29.0 Å². The van der Waals surface area contributed by atoms with Gasteiger partial charge in [-0.1, -0.05) is 53.5 Å². The Morgan fingerprint density at radius 3 is 2.50 bits per heavy atom. The quantitative estimate of drug-likeness (QED) is 0.614. The van der Waals surface area contributed by atoms with Gasteiger partial charge in [0.05, 0.1) is 23.3 Å². The fourth-order valence-electron chi connectivity index (χ4n) is 1.66. The minimum atomic E-state index is 0.122. The molecular weight excluding hydrogens is 295 g/mol. The fourth-order valence-corrected chi connectivity index (χ4v) is 1.96. The van der Waals surface area contributed by atoms with Gasteiger partial charge in [-0.3, -0.25) is 0 Å². The molecule has 0 radical (unpaired) electrons.